The molecule has 0 aliphatic rings. The van der Waals surface area contributed by atoms with E-state index >= 15 is 0 Å². The molecule has 0 aromatic heterocycles. The van der Waals surface area contributed by atoms with E-state index in [9.17, 15) is 19.8 Å². The minimum absolute atomic E-state index is 0.0358. The Hall–Kier alpha value is -3.22. The topological polar surface area (TPSA) is 95.9 Å². The van der Waals surface area contributed by atoms with Crippen LogP contribution < -0.4 is 5.32 Å². The molecule has 354 valence electrons. The maximum atomic E-state index is 13.2. The van der Waals surface area contributed by atoms with Gasteiger partial charge >= 0.3 is 5.97 Å². The average molecular weight is 862 g/mol. The molecule has 0 aliphatic heterocycles. The third kappa shape index (κ3) is 43.4. The third-order valence-electron chi connectivity index (χ3n) is 11.1. The van der Waals surface area contributed by atoms with Gasteiger partial charge in [-0.1, -0.05) is 234 Å². The van der Waals surface area contributed by atoms with Crippen LogP contribution in [0.3, 0.4) is 0 Å². The molecule has 0 saturated heterocycles. The zero-order valence-corrected chi connectivity index (χ0v) is 40.2. The minimum atomic E-state index is -0.807. The Bertz CT molecular complexity index is 1240. The Labute approximate surface area is 382 Å². The Morgan fingerprint density at radius 3 is 1.35 bits per heavy atom. The summed E-state index contributed by atoms with van der Waals surface area (Å²) < 4.78 is 5.90. The highest BCUT2D eigenvalue weighted by Gasteiger charge is 2.24. The molecule has 6 nitrogen and oxygen atoms in total. The van der Waals surface area contributed by atoms with Gasteiger partial charge in [-0.25, -0.2) is 0 Å². The number of amides is 1. The molecule has 0 bridgehead atoms. The summed E-state index contributed by atoms with van der Waals surface area (Å²) in [6, 6.07) is -0.724. The van der Waals surface area contributed by atoms with E-state index in [2.05, 4.69) is 68.6 Å². The van der Waals surface area contributed by atoms with Gasteiger partial charge < -0.3 is 20.3 Å². The number of esters is 1. The summed E-state index contributed by atoms with van der Waals surface area (Å²) in [6.45, 7) is 6.29. The first-order valence-corrected chi connectivity index (χ1v) is 25.6. The molecule has 0 rings (SSSR count). The number of allylic oxidation sites excluding steroid dienone is 16. The first-order chi connectivity index (χ1) is 30.5. The minimum Gasteiger partial charge on any atom is -0.462 e. The van der Waals surface area contributed by atoms with Gasteiger partial charge in [0.05, 0.1) is 25.2 Å². The van der Waals surface area contributed by atoms with Crippen LogP contribution in [0.1, 0.15) is 220 Å². The van der Waals surface area contributed by atoms with Crippen molar-refractivity contribution in [1.82, 2.24) is 5.32 Å². The number of aliphatic hydroxyl groups excluding tert-OH is 2. The number of ether oxygens (including phenoxy) is 1. The standard InChI is InChI=1S/C56H95NO5/c1-4-7-10-13-16-19-22-24-26-28-30-32-34-37-40-43-46-49-56(61)62-52(47-44-41-38-35-33-31-29-27-25-23-20-17-14-11-8-5-2)50-55(60)57-53(51-58)54(59)48-45-42-39-36-21-18-15-12-9-6-3/h7,10,13,16,19,22,24,26-34,52-54,58-59H,4-6,8-9,11-12,14-15,17-18,20-21,23,25,35-51H2,1-3H3,(H,57,60)/b10-7-,16-13+,22-19+,26-24-,29-27+,30-28+,33-31+,34-32+. The van der Waals surface area contributed by atoms with Crippen LogP contribution in [-0.4, -0.2) is 46.9 Å². The Morgan fingerprint density at radius 1 is 0.484 bits per heavy atom. The van der Waals surface area contributed by atoms with Crippen molar-refractivity contribution in [1.29, 1.82) is 0 Å². The molecule has 0 spiro atoms. The van der Waals surface area contributed by atoms with E-state index in [4.69, 9.17) is 4.74 Å². The van der Waals surface area contributed by atoms with Crippen molar-refractivity contribution in [3.63, 3.8) is 0 Å². The molecule has 1 amide bonds. The highest BCUT2D eigenvalue weighted by molar-refractivity contribution is 5.77. The van der Waals surface area contributed by atoms with E-state index in [1.54, 1.807) is 0 Å². The van der Waals surface area contributed by atoms with Crippen LogP contribution in [-0.2, 0) is 14.3 Å². The summed E-state index contributed by atoms with van der Waals surface area (Å²) >= 11 is 0. The van der Waals surface area contributed by atoms with Gasteiger partial charge in [-0.05, 0) is 70.6 Å². The fourth-order valence-corrected chi connectivity index (χ4v) is 7.22. The normalized spacial score (nSPS) is 14.1. The Morgan fingerprint density at radius 2 is 0.871 bits per heavy atom. The van der Waals surface area contributed by atoms with E-state index in [-0.39, 0.29) is 24.9 Å². The summed E-state index contributed by atoms with van der Waals surface area (Å²) in [5.74, 6) is -0.559. The number of nitrogens with one attached hydrogen (secondary N) is 1. The maximum Gasteiger partial charge on any atom is 0.306 e. The largest absolute Gasteiger partial charge is 0.462 e. The summed E-state index contributed by atoms with van der Waals surface area (Å²) in [6.07, 6.45) is 64.6. The molecule has 0 aliphatic carbocycles. The van der Waals surface area contributed by atoms with Crippen LogP contribution in [0.5, 0.6) is 0 Å². The number of hydrogen-bond acceptors (Lipinski definition) is 5. The smallest absolute Gasteiger partial charge is 0.306 e. The summed E-state index contributed by atoms with van der Waals surface area (Å²) in [5.41, 5.74) is 0. The fraction of sp³-hybridized carbons (Fsp3) is 0.679. The zero-order chi connectivity index (χ0) is 45.2. The number of hydrogen-bond donors (Lipinski definition) is 3. The van der Waals surface area contributed by atoms with Crippen LogP contribution >= 0.6 is 0 Å². The molecule has 0 saturated carbocycles. The van der Waals surface area contributed by atoms with Crippen molar-refractivity contribution >= 4 is 11.9 Å². The molecule has 0 fully saturated rings. The van der Waals surface area contributed by atoms with E-state index in [1.807, 2.05) is 54.7 Å². The molecule has 0 heterocycles. The van der Waals surface area contributed by atoms with Gasteiger partial charge in [0.1, 0.15) is 6.10 Å². The first-order valence-electron chi connectivity index (χ1n) is 25.6. The molecular formula is C56H95NO5. The van der Waals surface area contributed by atoms with E-state index in [1.165, 1.54) is 89.9 Å². The predicted molar refractivity (Wildman–Crippen MR) is 268 cm³/mol. The van der Waals surface area contributed by atoms with Gasteiger partial charge in [-0.2, -0.15) is 0 Å². The van der Waals surface area contributed by atoms with E-state index in [0.717, 1.165) is 83.5 Å². The van der Waals surface area contributed by atoms with Crippen LogP contribution in [0.15, 0.2) is 97.2 Å². The van der Waals surface area contributed by atoms with E-state index in [0.29, 0.717) is 19.3 Å². The second-order valence-electron chi connectivity index (χ2n) is 17.0. The first kappa shape index (κ1) is 58.8. The lowest BCUT2D eigenvalue weighted by Gasteiger charge is -2.24. The summed E-state index contributed by atoms with van der Waals surface area (Å²) in [7, 11) is 0. The van der Waals surface area contributed by atoms with Crippen molar-refractivity contribution in [2.75, 3.05) is 6.61 Å². The summed E-state index contributed by atoms with van der Waals surface area (Å²) in [5, 5.41) is 23.7. The van der Waals surface area contributed by atoms with Crippen molar-refractivity contribution in [2.45, 2.75) is 238 Å². The lowest BCUT2D eigenvalue weighted by atomic mass is 10.0. The molecular weight excluding hydrogens is 767 g/mol. The second-order valence-corrected chi connectivity index (χ2v) is 17.0. The lowest BCUT2D eigenvalue weighted by molar-refractivity contribution is -0.151. The van der Waals surface area contributed by atoms with Gasteiger partial charge in [0.2, 0.25) is 5.91 Å². The average Bonchev–Trinajstić information content (AvgIpc) is 3.26. The zero-order valence-electron chi connectivity index (χ0n) is 40.2. The molecule has 3 atom stereocenters. The third-order valence-corrected chi connectivity index (χ3v) is 11.1. The number of rotatable bonds is 44. The molecule has 3 N–H and O–H groups in total. The van der Waals surface area contributed by atoms with Crippen molar-refractivity contribution in [3.05, 3.63) is 97.2 Å². The van der Waals surface area contributed by atoms with Crippen LogP contribution in [0, 0.1) is 0 Å². The van der Waals surface area contributed by atoms with Crippen LogP contribution in [0.4, 0.5) is 0 Å². The van der Waals surface area contributed by atoms with Crippen molar-refractivity contribution < 1.29 is 24.5 Å². The number of unbranched alkanes of at least 4 members (excludes halogenated alkanes) is 22. The summed E-state index contributed by atoms with van der Waals surface area (Å²) in [4.78, 5) is 26.1. The predicted octanol–water partition coefficient (Wildman–Crippen LogP) is 15.3. The highest BCUT2D eigenvalue weighted by Crippen LogP contribution is 2.17. The quantitative estimate of drug-likeness (QED) is 0.0322. The molecule has 6 heteroatoms. The van der Waals surface area contributed by atoms with Crippen LogP contribution in [0.25, 0.3) is 0 Å². The molecule has 0 aromatic rings. The number of aliphatic hydroxyl groups is 2. The molecule has 0 aromatic carbocycles. The van der Waals surface area contributed by atoms with E-state index < -0.39 is 18.2 Å². The molecule has 3 unspecified atom stereocenters. The van der Waals surface area contributed by atoms with Crippen molar-refractivity contribution in [3.8, 4) is 0 Å². The second kappa shape index (κ2) is 48.8. The fourth-order valence-electron chi connectivity index (χ4n) is 7.22. The van der Waals surface area contributed by atoms with Crippen molar-refractivity contribution in [2.24, 2.45) is 0 Å². The monoisotopic (exact) mass is 862 g/mol. The van der Waals surface area contributed by atoms with Gasteiger partial charge in [-0.3, -0.25) is 9.59 Å². The Kier molecular flexibility index (Phi) is 46.3. The van der Waals surface area contributed by atoms with Gasteiger partial charge in [-0.15, -0.1) is 0 Å². The maximum absolute atomic E-state index is 13.2. The SMILES string of the molecule is CC\C=C/C=C/C=C/C=C\C=C\C=C\CCCCCC(=O)OC(CCCCC/C=C/C=C/CCCCCCCCC)CC(=O)NC(CO)C(O)CCCCCCCCCCCC. The lowest BCUT2D eigenvalue weighted by Crippen LogP contribution is -2.46. The molecule has 0 radical (unpaired) electrons. The highest BCUT2D eigenvalue weighted by atomic mass is 16.5. The van der Waals surface area contributed by atoms with Crippen LogP contribution in [0.2, 0.25) is 0 Å². The van der Waals surface area contributed by atoms with Gasteiger partial charge in [0.15, 0.2) is 0 Å². The van der Waals surface area contributed by atoms with Gasteiger partial charge in [0, 0.05) is 6.42 Å². The van der Waals surface area contributed by atoms with Gasteiger partial charge in [0.25, 0.3) is 0 Å². The number of carbonyl (C=O) groups excluding carboxylic acids is 2. The number of carbonyl (C=O) groups is 2. The Balaban J connectivity index is 4.76. The molecule has 62 heavy (non-hydrogen) atoms.